The Hall–Kier alpha value is -1.68. The molecule has 5 atom stereocenters. The van der Waals surface area contributed by atoms with Crippen molar-refractivity contribution in [3.05, 3.63) is 70.8 Å². The van der Waals surface area contributed by atoms with E-state index in [1.54, 1.807) is 0 Å². The van der Waals surface area contributed by atoms with Crippen LogP contribution in [0, 0.1) is 5.41 Å². The average Bonchev–Trinajstić information content (AvgIpc) is 3.56. The van der Waals surface area contributed by atoms with Crippen molar-refractivity contribution < 1.29 is 14.2 Å². The van der Waals surface area contributed by atoms with Gasteiger partial charge in [0.2, 0.25) is 0 Å². The Balaban J connectivity index is 1.53. The number of aryl methyl sites for hydroxylation is 1. The summed E-state index contributed by atoms with van der Waals surface area (Å²) >= 11 is 0. The van der Waals surface area contributed by atoms with Gasteiger partial charge in [-0.05, 0) is 41.5 Å². The predicted octanol–water partition coefficient (Wildman–Crippen LogP) is 3.03. The van der Waals surface area contributed by atoms with Gasteiger partial charge in [-0.3, -0.25) is 0 Å². The Bertz CT molecular complexity index is 890. The van der Waals surface area contributed by atoms with Crippen LogP contribution in [-0.2, 0) is 32.5 Å². The third-order valence-corrected chi connectivity index (χ3v) is 7.75. The second-order valence-corrected chi connectivity index (χ2v) is 8.66. The fourth-order valence-electron chi connectivity index (χ4n) is 6.78. The summed E-state index contributed by atoms with van der Waals surface area (Å²) in [5.74, 6) is 0. The second-order valence-electron chi connectivity index (χ2n) is 8.66. The standard InChI is InChI=1S/C23H22O3/c1-3-7-16-14(5-1)9-10-22(16)17-8-4-2-6-15(17)11-23(22)20-18(25-20)12-24-13-19-21(23)26-19/h1-8,18-21H,9-13H2. The molecule has 5 aliphatic rings. The van der Waals surface area contributed by atoms with Gasteiger partial charge in [0.05, 0.1) is 25.4 Å². The van der Waals surface area contributed by atoms with Gasteiger partial charge in [-0.15, -0.1) is 0 Å². The van der Waals surface area contributed by atoms with Crippen LogP contribution in [0.3, 0.4) is 0 Å². The Kier molecular flexibility index (Phi) is 2.54. The van der Waals surface area contributed by atoms with Gasteiger partial charge in [0.1, 0.15) is 12.2 Å². The van der Waals surface area contributed by atoms with Crippen molar-refractivity contribution in [1.82, 2.24) is 0 Å². The lowest BCUT2D eigenvalue weighted by Crippen LogP contribution is -2.52. The molecule has 2 aromatic rings. The second kappa shape index (κ2) is 4.59. The molecule has 3 heteroatoms. The van der Waals surface area contributed by atoms with E-state index in [0.29, 0.717) is 13.2 Å². The van der Waals surface area contributed by atoms with Gasteiger partial charge in [0, 0.05) is 10.8 Å². The zero-order valence-corrected chi connectivity index (χ0v) is 14.7. The summed E-state index contributed by atoms with van der Waals surface area (Å²) < 4.78 is 18.4. The summed E-state index contributed by atoms with van der Waals surface area (Å²) in [6.45, 7) is 1.43. The number of fused-ring (bicyclic) bond motifs is 9. The molecule has 3 saturated heterocycles. The smallest absolute Gasteiger partial charge is 0.108 e. The summed E-state index contributed by atoms with van der Waals surface area (Å²) in [6.07, 6.45) is 4.35. The topological polar surface area (TPSA) is 34.3 Å². The summed E-state index contributed by atoms with van der Waals surface area (Å²) in [5, 5.41) is 0. The van der Waals surface area contributed by atoms with Crippen LogP contribution in [0.1, 0.15) is 28.7 Å². The Morgan fingerprint density at radius 3 is 2.12 bits per heavy atom. The lowest BCUT2D eigenvalue weighted by atomic mass is 9.56. The average molecular weight is 346 g/mol. The van der Waals surface area contributed by atoms with E-state index in [9.17, 15) is 0 Å². The first-order chi connectivity index (χ1) is 12.8. The van der Waals surface area contributed by atoms with E-state index in [1.165, 1.54) is 28.7 Å². The van der Waals surface area contributed by atoms with Gasteiger partial charge in [-0.2, -0.15) is 0 Å². The number of ether oxygens (including phenoxy) is 3. The van der Waals surface area contributed by atoms with E-state index in [0.717, 1.165) is 12.8 Å². The molecule has 0 bridgehead atoms. The highest BCUT2D eigenvalue weighted by molar-refractivity contribution is 5.59. The van der Waals surface area contributed by atoms with Crippen LogP contribution >= 0.6 is 0 Å². The molecule has 2 aliphatic carbocycles. The van der Waals surface area contributed by atoms with Crippen LogP contribution in [0.25, 0.3) is 0 Å². The third-order valence-electron chi connectivity index (χ3n) is 7.75. The van der Waals surface area contributed by atoms with Crippen LogP contribution < -0.4 is 0 Å². The first-order valence-electron chi connectivity index (χ1n) is 9.90. The van der Waals surface area contributed by atoms with Gasteiger partial charge in [-0.25, -0.2) is 0 Å². The van der Waals surface area contributed by atoms with Crippen molar-refractivity contribution in [2.75, 3.05) is 13.2 Å². The van der Waals surface area contributed by atoms with Crippen molar-refractivity contribution in [1.29, 1.82) is 0 Å². The Labute approximate surface area is 153 Å². The van der Waals surface area contributed by atoms with Crippen LogP contribution in [0.4, 0.5) is 0 Å². The van der Waals surface area contributed by atoms with Crippen molar-refractivity contribution in [3.63, 3.8) is 0 Å². The fraction of sp³-hybridized carbons (Fsp3) is 0.478. The molecule has 132 valence electrons. The molecule has 0 amide bonds. The molecule has 0 radical (unpaired) electrons. The molecule has 5 unspecified atom stereocenters. The molecule has 0 aromatic heterocycles. The van der Waals surface area contributed by atoms with Crippen LogP contribution in [0.2, 0.25) is 0 Å². The monoisotopic (exact) mass is 346 g/mol. The maximum atomic E-state index is 6.30. The maximum absolute atomic E-state index is 6.30. The highest BCUT2D eigenvalue weighted by Crippen LogP contribution is 2.70. The molecule has 3 nitrogen and oxygen atoms in total. The highest BCUT2D eigenvalue weighted by Gasteiger charge is 2.77. The van der Waals surface area contributed by atoms with Gasteiger partial charge in [0.25, 0.3) is 0 Å². The minimum atomic E-state index is 0.0163. The predicted molar refractivity (Wildman–Crippen MR) is 96.3 cm³/mol. The zero-order chi connectivity index (χ0) is 16.9. The lowest BCUT2D eigenvalue weighted by Gasteiger charge is -2.44. The van der Waals surface area contributed by atoms with Gasteiger partial charge >= 0.3 is 0 Å². The third kappa shape index (κ3) is 1.50. The minimum absolute atomic E-state index is 0.0163. The molecule has 0 N–H and O–H groups in total. The van der Waals surface area contributed by atoms with E-state index in [4.69, 9.17) is 14.2 Å². The lowest BCUT2D eigenvalue weighted by molar-refractivity contribution is 0.0757. The highest BCUT2D eigenvalue weighted by atomic mass is 16.7. The van der Waals surface area contributed by atoms with Crippen LogP contribution in [0.5, 0.6) is 0 Å². The number of benzene rings is 2. The summed E-state index contributed by atoms with van der Waals surface area (Å²) in [4.78, 5) is 0. The van der Waals surface area contributed by atoms with Crippen molar-refractivity contribution >= 4 is 0 Å². The number of hydrogen-bond acceptors (Lipinski definition) is 3. The van der Waals surface area contributed by atoms with E-state index >= 15 is 0 Å². The number of rotatable bonds is 0. The molecular formula is C23H22O3. The first-order valence-corrected chi connectivity index (χ1v) is 9.90. The maximum Gasteiger partial charge on any atom is 0.108 e. The van der Waals surface area contributed by atoms with Crippen molar-refractivity contribution in [3.8, 4) is 0 Å². The Morgan fingerprint density at radius 2 is 1.38 bits per heavy atom. The summed E-state index contributed by atoms with van der Waals surface area (Å²) in [7, 11) is 0. The number of epoxide rings is 2. The molecule has 26 heavy (non-hydrogen) atoms. The summed E-state index contributed by atoms with van der Waals surface area (Å²) in [5.41, 5.74) is 6.09. The Morgan fingerprint density at radius 1 is 0.769 bits per heavy atom. The molecular weight excluding hydrogens is 324 g/mol. The molecule has 2 spiro atoms. The molecule has 3 fully saturated rings. The van der Waals surface area contributed by atoms with E-state index < -0.39 is 0 Å². The quantitative estimate of drug-likeness (QED) is 0.688. The van der Waals surface area contributed by atoms with Crippen LogP contribution in [0.15, 0.2) is 48.5 Å². The van der Waals surface area contributed by atoms with E-state index in [-0.39, 0.29) is 35.2 Å². The van der Waals surface area contributed by atoms with Gasteiger partial charge in [0.15, 0.2) is 0 Å². The van der Waals surface area contributed by atoms with Gasteiger partial charge in [-0.1, -0.05) is 48.5 Å². The molecule has 2 aromatic carbocycles. The largest absolute Gasteiger partial charge is 0.376 e. The molecule has 3 aliphatic heterocycles. The molecule has 7 rings (SSSR count). The van der Waals surface area contributed by atoms with Crippen molar-refractivity contribution in [2.24, 2.45) is 5.41 Å². The fourth-order valence-corrected chi connectivity index (χ4v) is 6.78. The minimum Gasteiger partial charge on any atom is -0.376 e. The molecule has 0 saturated carbocycles. The van der Waals surface area contributed by atoms with Crippen molar-refractivity contribution in [2.45, 2.75) is 49.1 Å². The van der Waals surface area contributed by atoms with Crippen LogP contribution in [-0.4, -0.2) is 37.6 Å². The van der Waals surface area contributed by atoms with E-state index in [1.807, 2.05) is 0 Å². The molecule has 3 heterocycles. The zero-order valence-electron chi connectivity index (χ0n) is 14.7. The van der Waals surface area contributed by atoms with Gasteiger partial charge < -0.3 is 14.2 Å². The normalized spacial score (nSPS) is 44.0. The first kappa shape index (κ1) is 14.4. The summed E-state index contributed by atoms with van der Waals surface area (Å²) in [6, 6.07) is 18.2. The number of hydrogen-bond donors (Lipinski definition) is 0. The van der Waals surface area contributed by atoms with E-state index in [2.05, 4.69) is 48.5 Å². The SMILES string of the molecule is c1ccc2c(c1)CCC21c2ccccc2CC12C1OC1COCC1OC12.